The molecule has 0 aliphatic rings. The van der Waals surface area contributed by atoms with Crippen LogP contribution in [-0.4, -0.2) is 22.1 Å². The molecule has 1 aromatic carbocycles. The summed E-state index contributed by atoms with van der Waals surface area (Å²) in [6.07, 6.45) is -0.844. The molecule has 0 saturated carbocycles. The molecule has 1 aromatic rings. The Morgan fingerprint density at radius 2 is 2.29 bits per heavy atom. The second-order valence-electron chi connectivity index (χ2n) is 3.22. The van der Waals surface area contributed by atoms with Gasteiger partial charge in [0, 0.05) is 6.07 Å². The van der Waals surface area contributed by atoms with E-state index in [1.54, 1.807) is 6.92 Å². The van der Waals surface area contributed by atoms with Crippen molar-refractivity contribution in [2.24, 2.45) is 0 Å². The van der Waals surface area contributed by atoms with E-state index in [4.69, 9.17) is 21.4 Å². The van der Waals surface area contributed by atoms with Crippen molar-refractivity contribution in [2.75, 3.05) is 0 Å². The van der Waals surface area contributed by atoms with E-state index in [2.05, 4.69) is 0 Å². The molecule has 17 heavy (non-hydrogen) atoms. The molecule has 1 N–H and O–H groups in total. The van der Waals surface area contributed by atoms with Gasteiger partial charge in [0.05, 0.1) is 16.0 Å². The lowest BCUT2D eigenvalue weighted by Crippen LogP contribution is -2.26. The summed E-state index contributed by atoms with van der Waals surface area (Å²) < 4.78 is 5.11. The van der Waals surface area contributed by atoms with Crippen LogP contribution in [0.2, 0.25) is 5.02 Å². The Labute approximate surface area is 102 Å². The molecular formula is C10H10ClNO5. The first-order valence-corrected chi connectivity index (χ1v) is 5.17. The van der Waals surface area contributed by atoms with Gasteiger partial charge in [-0.1, -0.05) is 18.5 Å². The number of aliphatic carboxylic acids is 1. The molecule has 0 aliphatic heterocycles. The molecule has 6 nitrogen and oxygen atoms in total. The Morgan fingerprint density at radius 3 is 2.76 bits per heavy atom. The highest BCUT2D eigenvalue weighted by atomic mass is 35.5. The molecule has 1 atom stereocenters. The number of rotatable bonds is 5. The van der Waals surface area contributed by atoms with Gasteiger partial charge >= 0.3 is 5.97 Å². The van der Waals surface area contributed by atoms with Crippen LogP contribution in [0.4, 0.5) is 5.69 Å². The molecule has 0 aliphatic carbocycles. The van der Waals surface area contributed by atoms with Gasteiger partial charge in [0.15, 0.2) is 6.10 Å². The maximum atomic E-state index is 10.8. The van der Waals surface area contributed by atoms with Gasteiger partial charge in [-0.05, 0) is 12.5 Å². The van der Waals surface area contributed by atoms with Crippen molar-refractivity contribution in [3.8, 4) is 5.75 Å². The number of ether oxygens (including phenoxy) is 1. The SMILES string of the molecule is CCC(Oc1cc([N+](=O)[O-])ccc1Cl)C(=O)O. The van der Waals surface area contributed by atoms with Crippen LogP contribution in [0.1, 0.15) is 13.3 Å². The van der Waals surface area contributed by atoms with E-state index in [0.717, 1.165) is 6.07 Å². The van der Waals surface area contributed by atoms with Crippen LogP contribution < -0.4 is 4.74 Å². The minimum Gasteiger partial charge on any atom is -0.479 e. The summed E-state index contributed by atoms with van der Waals surface area (Å²) in [7, 11) is 0. The van der Waals surface area contributed by atoms with Gasteiger partial charge in [-0.15, -0.1) is 0 Å². The molecule has 0 heterocycles. The van der Waals surface area contributed by atoms with Crippen molar-refractivity contribution in [3.63, 3.8) is 0 Å². The summed E-state index contributed by atoms with van der Waals surface area (Å²) >= 11 is 5.77. The van der Waals surface area contributed by atoms with Crippen LogP contribution in [-0.2, 0) is 4.79 Å². The first-order valence-electron chi connectivity index (χ1n) is 4.79. The monoisotopic (exact) mass is 259 g/mol. The van der Waals surface area contributed by atoms with Crippen molar-refractivity contribution >= 4 is 23.3 Å². The molecule has 0 saturated heterocycles. The molecule has 92 valence electrons. The Morgan fingerprint density at radius 1 is 1.65 bits per heavy atom. The standard InChI is InChI=1S/C10H10ClNO5/c1-2-8(10(13)14)17-9-5-6(12(15)16)3-4-7(9)11/h3-5,8H,2H2,1H3,(H,13,14). The van der Waals surface area contributed by atoms with Gasteiger partial charge in [-0.25, -0.2) is 4.79 Å². The molecular weight excluding hydrogens is 250 g/mol. The molecule has 1 unspecified atom stereocenters. The number of nitrogens with zero attached hydrogens (tertiary/aromatic N) is 1. The molecule has 1 rings (SSSR count). The second-order valence-corrected chi connectivity index (χ2v) is 3.63. The Kier molecular flexibility index (Phi) is 4.28. The first kappa shape index (κ1) is 13.2. The number of nitro benzene ring substituents is 1. The van der Waals surface area contributed by atoms with Crippen LogP contribution in [0.5, 0.6) is 5.75 Å². The molecule has 0 aromatic heterocycles. The molecule has 7 heteroatoms. The lowest BCUT2D eigenvalue weighted by atomic mass is 10.2. The van der Waals surface area contributed by atoms with Crippen LogP contribution >= 0.6 is 11.6 Å². The van der Waals surface area contributed by atoms with E-state index in [-0.39, 0.29) is 22.9 Å². The Bertz CT molecular complexity index is 448. The van der Waals surface area contributed by atoms with E-state index < -0.39 is 17.0 Å². The van der Waals surface area contributed by atoms with Gasteiger partial charge in [-0.2, -0.15) is 0 Å². The van der Waals surface area contributed by atoms with Gasteiger partial charge in [-0.3, -0.25) is 10.1 Å². The van der Waals surface area contributed by atoms with Crippen molar-refractivity contribution in [1.29, 1.82) is 0 Å². The second kappa shape index (κ2) is 5.49. The molecule has 0 radical (unpaired) electrons. The van der Waals surface area contributed by atoms with Crippen LogP contribution in [0.3, 0.4) is 0 Å². The number of nitro groups is 1. The molecule has 0 fully saturated rings. The summed E-state index contributed by atoms with van der Waals surface area (Å²) in [5.74, 6) is -1.15. The number of carboxylic acids is 1. The highest BCUT2D eigenvalue weighted by Crippen LogP contribution is 2.30. The van der Waals surface area contributed by atoms with Crippen molar-refractivity contribution in [2.45, 2.75) is 19.4 Å². The highest BCUT2D eigenvalue weighted by Gasteiger charge is 2.19. The van der Waals surface area contributed by atoms with Crippen molar-refractivity contribution in [1.82, 2.24) is 0 Å². The molecule has 0 spiro atoms. The molecule has 0 bridgehead atoms. The number of halogens is 1. The first-order chi connectivity index (χ1) is 7.95. The predicted molar refractivity (Wildman–Crippen MR) is 60.4 cm³/mol. The van der Waals surface area contributed by atoms with Gasteiger partial charge < -0.3 is 9.84 Å². The van der Waals surface area contributed by atoms with Crippen LogP contribution in [0.25, 0.3) is 0 Å². The van der Waals surface area contributed by atoms with E-state index in [1.165, 1.54) is 12.1 Å². The zero-order valence-electron chi connectivity index (χ0n) is 8.92. The van der Waals surface area contributed by atoms with Crippen LogP contribution in [0.15, 0.2) is 18.2 Å². The van der Waals surface area contributed by atoms with E-state index in [1.807, 2.05) is 0 Å². The zero-order valence-corrected chi connectivity index (χ0v) is 9.68. The number of hydrogen-bond donors (Lipinski definition) is 1. The number of non-ortho nitro benzene ring substituents is 1. The average Bonchev–Trinajstić information content (AvgIpc) is 2.27. The zero-order chi connectivity index (χ0) is 13.0. The third-order valence-electron chi connectivity index (χ3n) is 2.04. The fourth-order valence-electron chi connectivity index (χ4n) is 1.16. The summed E-state index contributed by atoms with van der Waals surface area (Å²) in [6.45, 7) is 1.63. The lowest BCUT2D eigenvalue weighted by molar-refractivity contribution is -0.384. The van der Waals surface area contributed by atoms with Gasteiger partial charge in [0.1, 0.15) is 5.75 Å². The van der Waals surface area contributed by atoms with Crippen molar-refractivity contribution in [3.05, 3.63) is 33.3 Å². The fourth-order valence-corrected chi connectivity index (χ4v) is 1.32. The summed E-state index contributed by atoms with van der Waals surface area (Å²) in [6, 6.07) is 3.62. The minimum atomic E-state index is -1.14. The molecule has 0 amide bonds. The Balaban J connectivity index is 3.00. The van der Waals surface area contributed by atoms with Gasteiger partial charge in [0.25, 0.3) is 5.69 Å². The summed E-state index contributed by atoms with van der Waals surface area (Å²) in [5, 5.41) is 19.5. The number of carbonyl (C=O) groups is 1. The Hall–Kier alpha value is -1.82. The largest absolute Gasteiger partial charge is 0.479 e. The summed E-state index contributed by atoms with van der Waals surface area (Å²) in [5.41, 5.74) is -0.204. The van der Waals surface area contributed by atoms with Gasteiger partial charge in [0.2, 0.25) is 0 Å². The van der Waals surface area contributed by atoms with E-state index in [0.29, 0.717) is 0 Å². The van der Waals surface area contributed by atoms with E-state index >= 15 is 0 Å². The quantitative estimate of drug-likeness (QED) is 0.648. The van der Waals surface area contributed by atoms with Crippen LogP contribution in [0, 0.1) is 10.1 Å². The smallest absolute Gasteiger partial charge is 0.344 e. The minimum absolute atomic E-state index is 0.00452. The third-order valence-corrected chi connectivity index (χ3v) is 2.35. The number of hydrogen-bond acceptors (Lipinski definition) is 4. The lowest BCUT2D eigenvalue weighted by Gasteiger charge is -2.13. The fraction of sp³-hybridized carbons (Fsp3) is 0.300. The number of benzene rings is 1. The van der Waals surface area contributed by atoms with E-state index in [9.17, 15) is 14.9 Å². The topological polar surface area (TPSA) is 89.7 Å². The average molecular weight is 260 g/mol. The predicted octanol–water partition coefficient (Wildman–Crippen LogP) is 2.49. The normalized spacial score (nSPS) is 11.9. The van der Waals surface area contributed by atoms with Crippen molar-refractivity contribution < 1.29 is 19.6 Å². The maximum Gasteiger partial charge on any atom is 0.344 e. The summed E-state index contributed by atoms with van der Waals surface area (Å²) in [4.78, 5) is 20.7. The third kappa shape index (κ3) is 3.32. The number of carboxylic acid groups (broad SMARTS) is 1. The highest BCUT2D eigenvalue weighted by molar-refractivity contribution is 6.32. The maximum absolute atomic E-state index is 10.8.